The molecule has 1 aliphatic heterocycles. The second kappa shape index (κ2) is 4.13. The first-order valence-electron chi connectivity index (χ1n) is 4.60. The Kier molecular flexibility index (Phi) is 3.13. The van der Waals surface area contributed by atoms with E-state index in [-0.39, 0.29) is 11.9 Å². The van der Waals surface area contributed by atoms with Gasteiger partial charge in [0, 0.05) is 6.54 Å². The van der Waals surface area contributed by atoms with Gasteiger partial charge >= 0.3 is 0 Å². The molecule has 0 bridgehead atoms. The molecule has 0 N–H and O–H groups in total. The van der Waals surface area contributed by atoms with Crippen LogP contribution in [-0.2, 0) is 4.79 Å². The summed E-state index contributed by atoms with van der Waals surface area (Å²) < 4.78 is 0. The summed E-state index contributed by atoms with van der Waals surface area (Å²) in [4.78, 5) is 13.1. The number of likely N-dealkylation sites (tertiary alicyclic amines) is 1. The average molecular weight is 177 g/mol. The molecule has 70 valence electrons. The lowest BCUT2D eigenvalue weighted by atomic mass is 9.91. The van der Waals surface area contributed by atoms with E-state index in [0.29, 0.717) is 5.92 Å². The molecule has 1 fully saturated rings. The highest BCUT2D eigenvalue weighted by Crippen LogP contribution is 2.22. The number of hydrogen-bond donors (Lipinski definition) is 0. The van der Waals surface area contributed by atoms with E-state index < -0.39 is 0 Å². The van der Waals surface area contributed by atoms with E-state index in [0.717, 1.165) is 19.4 Å². The van der Waals surface area contributed by atoms with Crippen LogP contribution in [0.2, 0.25) is 0 Å². The summed E-state index contributed by atoms with van der Waals surface area (Å²) in [5.41, 5.74) is 0. The Balaban J connectivity index is 2.77. The fourth-order valence-electron chi connectivity index (χ4n) is 1.81. The predicted octanol–water partition coefficient (Wildman–Crippen LogP) is 1.43. The smallest absolute Gasteiger partial charge is 0.246 e. The molecule has 0 aromatic carbocycles. The molecule has 2 nitrogen and oxygen atoms in total. The summed E-state index contributed by atoms with van der Waals surface area (Å²) in [5.74, 6) is 3.03. The van der Waals surface area contributed by atoms with Crippen LogP contribution < -0.4 is 0 Å². The van der Waals surface area contributed by atoms with Crippen LogP contribution in [0.5, 0.6) is 0 Å². The zero-order valence-electron chi connectivity index (χ0n) is 7.99. The van der Waals surface area contributed by atoms with Crippen LogP contribution in [0.15, 0.2) is 12.7 Å². The third-order valence-corrected chi connectivity index (χ3v) is 2.56. The largest absolute Gasteiger partial charge is 0.325 e. The van der Waals surface area contributed by atoms with Gasteiger partial charge in [0.15, 0.2) is 0 Å². The summed E-state index contributed by atoms with van der Waals surface area (Å²) in [7, 11) is 0. The lowest BCUT2D eigenvalue weighted by Gasteiger charge is -2.36. The van der Waals surface area contributed by atoms with Crippen LogP contribution in [0.3, 0.4) is 0 Å². The summed E-state index contributed by atoms with van der Waals surface area (Å²) >= 11 is 0. The molecular weight excluding hydrogens is 162 g/mol. The van der Waals surface area contributed by atoms with Crippen molar-refractivity contribution in [1.29, 1.82) is 0 Å². The second-order valence-corrected chi connectivity index (χ2v) is 3.47. The number of terminal acetylenes is 1. The van der Waals surface area contributed by atoms with Gasteiger partial charge in [-0.25, -0.2) is 0 Å². The lowest BCUT2D eigenvalue weighted by Crippen LogP contribution is -2.46. The minimum Gasteiger partial charge on any atom is -0.325 e. The van der Waals surface area contributed by atoms with Crippen LogP contribution >= 0.6 is 0 Å². The Morgan fingerprint density at radius 2 is 2.46 bits per heavy atom. The van der Waals surface area contributed by atoms with E-state index in [4.69, 9.17) is 6.42 Å². The highest BCUT2D eigenvalue weighted by Gasteiger charge is 2.28. The van der Waals surface area contributed by atoms with E-state index in [1.165, 1.54) is 6.08 Å². The molecule has 2 atom stereocenters. The molecule has 0 saturated carbocycles. The molecule has 0 radical (unpaired) electrons. The molecule has 0 spiro atoms. The van der Waals surface area contributed by atoms with Gasteiger partial charge in [0.1, 0.15) is 0 Å². The van der Waals surface area contributed by atoms with Crippen molar-refractivity contribution >= 4 is 5.91 Å². The maximum absolute atomic E-state index is 11.4. The number of carbonyl (C=O) groups is 1. The van der Waals surface area contributed by atoms with E-state index in [1.807, 2.05) is 0 Å². The molecular formula is C11H15NO. The normalized spacial score (nSPS) is 27.8. The topological polar surface area (TPSA) is 20.3 Å². The SMILES string of the molecule is C#C[C@H]1[C@@H](C)CCCN1C(=O)C=C. The van der Waals surface area contributed by atoms with Gasteiger partial charge in [0.05, 0.1) is 6.04 Å². The first kappa shape index (κ1) is 9.85. The average Bonchev–Trinajstić information content (AvgIpc) is 2.16. The van der Waals surface area contributed by atoms with Crippen molar-refractivity contribution in [3.8, 4) is 12.3 Å². The highest BCUT2D eigenvalue weighted by molar-refractivity contribution is 5.87. The first-order chi connectivity index (χ1) is 6.20. The van der Waals surface area contributed by atoms with Gasteiger partial charge in [0.25, 0.3) is 0 Å². The van der Waals surface area contributed by atoms with Gasteiger partial charge in [-0.1, -0.05) is 19.4 Å². The van der Waals surface area contributed by atoms with Crippen molar-refractivity contribution in [1.82, 2.24) is 4.90 Å². The van der Waals surface area contributed by atoms with Crippen LogP contribution in [0.25, 0.3) is 0 Å². The van der Waals surface area contributed by atoms with Gasteiger partial charge in [-0.3, -0.25) is 4.79 Å². The number of hydrogen-bond acceptors (Lipinski definition) is 1. The molecule has 0 unspecified atom stereocenters. The molecule has 1 saturated heterocycles. The quantitative estimate of drug-likeness (QED) is 0.438. The fraction of sp³-hybridized carbons (Fsp3) is 0.545. The molecule has 2 heteroatoms. The number of rotatable bonds is 1. The van der Waals surface area contributed by atoms with Crippen molar-refractivity contribution in [2.24, 2.45) is 5.92 Å². The molecule has 1 rings (SSSR count). The van der Waals surface area contributed by atoms with Crippen molar-refractivity contribution in [3.63, 3.8) is 0 Å². The van der Waals surface area contributed by atoms with E-state index in [1.54, 1.807) is 4.90 Å². The third-order valence-electron chi connectivity index (χ3n) is 2.56. The Labute approximate surface area is 79.6 Å². The summed E-state index contributed by atoms with van der Waals surface area (Å²) in [5, 5.41) is 0. The standard InChI is InChI=1S/C11H15NO/c1-4-10-9(3)7-6-8-12(10)11(13)5-2/h1,5,9-10H,2,6-8H2,3H3/t9-,10-/m0/s1. The van der Waals surface area contributed by atoms with Crippen molar-refractivity contribution in [3.05, 3.63) is 12.7 Å². The van der Waals surface area contributed by atoms with E-state index in [2.05, 4.69) is 19.4 Å². The molecule has 13 heavy (non-hydrogen) atoms. The lowest BCUT2D eigenvalue weighted by molar-refractivity contribution is -0.129. The highest BCUT2D eigenvalue weighted by atomic mass is 16.2. The Hall–Kier alpha value is -1.23. The van der Waals surface area contributed by atoms with Crippen molar-refractivity contribution in [2.45, 2.75) is 25.8 Å². The summed E-state index contributed by atoms with van der Waals surface area (Å²) in [6.07, 6.45) is 8.88. The van der Waals surface area contributed by atoms with Gasteiger partial charge in [-0.2, -0.15) is 0 Å². The number of nitrogens with zero attached hydrogens (tertiary/aromatic N) is 1. The van der Waals surface area contributed by atoms with E-state index in [9.17, 15) is 4.79 Å². The zero-order valence-corrected chi connectivity index (χ0v) is 7.99. The third kappa shape index (κ3) is 1.92. The molecule has 0 aromatic rings. The maximum atomic E-state index is 11.4. The monoisotopic (exact) mass is 177 g/mol. The summed E-state index contributed by atoms with van der Waals surface area (Å²) in [6.45, 7) is 6.33. The van der Waals surface area contributed by atoms with E-state index >= 15 is 0 Å². The maximum Gasteiger partial charge on any atom is 0.246 e. The molecule has 1 heterocycles. The molecule has 0 aliphatic carbocycles. The van der Waals surface area contributed by atoms with Crippen molar-refractivity contribution in [2.75, 3.05) is 6.54 Å². The number of amides is 1. The first-order valence-corrected chi connectivity index (χ1v) is 4.60. The Morgan fingerprint density at radius 1 is 1.77 bits per heavy atom. The van der Waals surface area contributed by atoms with Gasteiger partial charge in [-0.15, -0.1) is 6.42 Å². The minimum atomic E-state index is -0.0468. The van der Waals surface area contributed by atoms with Crippen molar-refractivity contribution < 1.29 is 4.79 Å². The minimum absolute atomic E-state index is 0.0424. The Morgan fingerprint density at radius 3 is 3.00 bits per heavy atom. The number of carbonyl (C=O) groups excluding carboxylic acids is 1. The van der Waals surface area contributed by atoms with Gasteiger partial charge < -0.3 is 4.90 Å². The molecule has 1 aliphatic rings. The second-order valence-electron chi connectivity index (χ2n) is 3.47. The number of piperidine rings is 1. The van der Waals surface area contributed by atoms with Gasteiger partial charge in [0.2, 0.25) is 5.91 Å². The van der Waals surface area contributed by atoms with Crippen LogP contribution in [-0.4, -0.2) is 23.4 Å². The van der Waals surface area contributed by atoms with Gasteiger partial charge in [-0.05, 0) is 24.8 Å². The zero-order chi connectivity index (χ0) is 9.84. The molecule has 0 aromatic heterocycles. The summed E-state index contributed by atoms with van der Waals surface area (Å²) in [6, 6.07) is -0.0424. The van der Waals surface area contributed by atoms with Crippen LogP contribution in [0, 0.1) is 18.3 Å². The Bertz CT molecular complexity index is 251. The van der Waals surface area contributed by atoms with Crippen LogP contribution in [0.1, 0.15) is 19.8 Å². The fourth-order valence-corrected chi connectivity index (χ4v) is 1.81. The van der Waals surface area contributed by atoms with Crippen LogP contribution in [0.4, 0.5) is 0 Å². The predicted molar refractivity (Wildman–Crippen MR) is 52.9 cm³/mol. The molecule has 1 amide bonds.